The van der Waals surface area contributed by atoms with E-state index in [2.05, 4.69) is 6.92 Å². The fourth-order valence-corrected chi connectivity index (χ4v) is 3.41. The van der Waals surface area contributed by atoms with E-state index >= 15 is 0 Å². The van der Waals surface area contributed by atoms with Crippen LogP contribution in [-0.4, -0.2) is 35.6 Å². The fourth-order valence-electron chi connectivity index (χ4n) is 3.41. The van der Waals surface area contributed by atoms with E-state index in [-0.39, 0.29) is 23.8 Å². The second-order valence-electron chi connectivity index (χ2n) is 6.22. The Kier molecular flexibility index (Phi) is 4.94. The SMILES string of the molecule is CCC1CCCCC1OCC(=O)ON1C(=O)c2ccccc2C1=O. The standard InChI is InChI=1S/C18H21NO5/c1-2-12-7-3-6-10-15(12)23-11-16(20)24-19-17(21)13-8-4-5-9-14(13)18(19)22/h4-5,8-9,12,15H,2-3,6-7,10-11H2,1H3. The van der Waals surface area contributed by atoms with Crippen LogP contribution in [-0.2, 0) is 14.4 Å². The van der Waals surface area contributed by atoms with Crippen LogP contribution in [0.1, 0.15) is 59.7 Å². The number of amides is 2. The van der Waals surface area contributed by atoms with Crippen molar-refractivity contribution in [2.45, 2.75) is 45.1 Å². The van der Waals surface area contributed by atoms with E-state index in [1.54, 1.807) is 12.1 Å². The van der Waals surface area contributed by atoms with Crippen LogP contribution in [0.4, 0.5) is 0 Å². The molecule has 0 bridgehead atoms. The Morgan fingerprint density at radius 2 is 1.75 bits per heavy atom. The Bertz CT molecular complexity index is 622. The van der Waals surface area contributed by atoms with E-state index in [9.17, 15) is 14.4 Å². The maximum absolute atomic E-state index is 12.1. The molecule has 0 radical (unpaired) electrons. The van der Waals surface area contributed by atoms with Crippen LogP contribution < -0.4 is 0 Å². The van der Waals surface area contributed by atoms with E-state index in [0.717, 1.165) is 25.7 Å². The molecule has 2 aliphatic rings. The summed E-state index contributed by atoms with van der Waals surface area (Å²) in [5.74, 6) is -1.52. The van der Waals surface area contributed by atoms with Gasteiger partial charge in [0.25, 0.3) is 11.8 Å². The predicted octanol–water partition coefficient (Wildman–Crippen LogP) is 2.73. The average molecular weight is 331 g/mol. The van der Waals surface area contributed by atoms with Crippen molar-refractivity contribution in [1.29, 1.82) is 0 Å². The van der Waals surface area contributed by atoms with Crippen LogP contribution >= 0.6 is 0 Å². The Hall–Kier alpha value is -2.21. The van der Waals surface area contributed by atoms with Crippen molar-refractivity contribution < 1.29 is 24.0 Å². The lowest BCUT2D eigenvalue weighted by Gasteiger charge is -2.30. The van der Waals surface area contributed by atoms with Crippen molar-refractivity contribution in [2.24, 2.45) is 5.92 Å². The Labute approximate surface area is 140 Å². The summed E-state index contributed by atoms with van der Waals surface area (Å²) in [4.78, 5) is 41.2. The lowest BCUT2D eigenvalue weighted by molar-refractivity contribution is -0.177. The van der Waals surface area contributed by atoms with Gasteiger partial charge < -0.3 is 9.57 Å². The largest absolute Gasteiger partial charge is 0.366 e. The molecule has 1 heterocycles. The molecule has 1 aliphatic carbocycles. The highest BCUT2D eigenvalue weighted by molar-refractivity contribution is 6.20. The fraction of sp³-hybridized carbons (Fsp3) is 0.500. The highest BCUT2D eigenvalue weighted by Crippen LogP contribution is 2.29. The third kappa shape index (κ3) is 3.19. The number of hydrogen-bond acceptors (Lipinski definition) is 5. The molecular weight excluding hydrogens is 310 g/mol. The molecular formula is C18H21NO5. The van der Waals surface area contributed by atoms with Crippen molar-refractivity contribution in [3.63, 3.8) is 0 Å². The van der Waals surface area contributed by atoms with Gasteiger partial charge in [0.1, 0.15) is 6.61 Å². The Balaban J connectivity index is 1.56. The first-order valence-electron chi connectivity index (χ1n) is 8.42. The van der Waals surface area contributed by atoms with Crippen molar-refractivity contribution in [3.8, 4) is 0 Å². The zero-order valence-electron chi connectivity index (χ0n) is 13.7. The minimum Gasteiger partial charge on any atom is -0.366 e. The summed E-state index contributed by atoms with van der Waals surface area (Å²) in [7, 11) is 0. The second-order valence-corrected chi connectivity index (χ2v) is 6.22. The maximum Gasteiger partial charge on any atom is 0.358 e. The minimum atomic E-state index is -0.732. The predicted molar refractivity (Wildman–Crippen MR) is 85.0 cm³/mol. The molecule has 3 rings (SSSR count). The minimum absolute atomic E-state index is 0.0403. The maximum atomic E-state index is 12.1. The van der Waals surface area contributed by atoms with Crippen molar-refractivity contribution in [2.75, 3.05) is 6.61 Å². The number of ether oxygens (including phenoxy) is 1. The molecule has 1 saturated carbocycles. The lowest BCUT2D eigenvalue weighted by Crippen LogP contribution is -2.36. The molecule has 24 heavy (non-hydrogen) atoms. The van der Waals surface area contributed by atoms with Crippen molar-refractivity contribution in [1.82, 2.24) is 5.06 Å². The summed E-state index contributed by atoms with van der Waals surface area (Å²) in [5.41, 5.74) is 0.490. The van der Waals surface area contributed by atoms with Crippen LogP contribution in [0, 0.1) is 5.92 Å². The van der Waals surface area contributed by atoms with Crippen molar-refractivity contribution in [3.05, 3.63) is 35.4 Å². The van der Waals surface area contributed by atoms with E-state index in [1.807, 2.05) is 0 Å². The number of imide groups is 1. The van der Waals surface area contributed by atoms with Gasteiger partial charge in [-0.25, -0.2) is 4.79 Å². The van der Waals surface area contributed by atoms with Gasteiger partial charge >= 0.3 is 5.97 Å². The first-order chi connectivity index (χ1) is 11.6. The van der Waals surface area contributed by atoms with Gasteiger partial charge in [-0.1, -0.05) is 43.4 Å². The summed E-state index contributed by atoms with van der Waals surface area (Å²) in [5, 5.41) is 0.522. The first-order valence-corrected chi connectivity index (χ1v) is 8.42. The third-order valence-electron chi connectivity index (χ3n) is 4.73. The molecule has 2 amide bonds. The van der Waals surface area contributed by atoms with Crippen molar-refractivity contribution >= 4 is 17.8 Å². The number of rotatable bonds is 5. The van der Waals surface area contributed by atoms with Gasteiger partial charge in [0.05, 0.1) is 17.2 Å². The first kappa shape index (κ1) is 16.6. The number of nitrogens with zero attached hydrogens (tertiary/aromatic N) is 1. The van der Waals surface area contributed by atoms with E-state index in [1.165, 1.54) is 18.6 Å². The molecule has 2 atom stereocenters. The smallest absolute Gasteiger partial charge is 0.358 e. The number of hydroxylamine groups is 2. The zero-order valence-corrected chi connectivity index (χ0v) is 13.7. The highest BCUT2D eigenvalue weighted by atomic mass is 16.7. The molecule has 1 aliphatic heterocycles. The summed E-state index contributed by atoms with van der Waals surface area (Å²) < 4.78 is 5.68. The number of benzene rings is 1. The van der Waals surface area contributed by atoms with Crippen LogP contribution in [0.3, 0.4) is 0 Å². The molecule has 0 spiro atoms. The van der Waals surface area contributed by atoms with Gasteiger partial charge in [0.15, 0.2) is 0 Å². The van der Waals surface area contributed by atoms with E-state index in [0.29, 0.717) is 11.0 Å². The molecule has 1 fully saturated rings. The molecule has 2 unspecified atom stereocenters. The Morgan fingerprint density at radius 3 is 2.38 bits per heavy atom. The van der Waals surface area contributed by atoms with E-state index < -0.39 is 17.8 Å². The Morgan fingerprint density at radius 1 is 1.12 bits per heavy atom. The number of carbonyl (C=O) groups excluding carboxylic acids is 3. The number of carbonyl (C=O) groups is 3. The second kappa shape index (κ2) is 7.13. The number of fused-ring (bicyclic) bond motifs is 1. The molecule has 1 aromatic carbocycles. The van der Waals surface area contributed by atoms with Gasteiger partial charge in [-0.3, -0.25) is 9.59 Å². The van der Waals surface area contributed by atoms with Crippen LogP contribution in [0.5, 0.6) is 0 Å². The highest BCUT2D eigenvalue weighted by Gasteiger charge is 2.38. The zero-order chi connectivity index (χ0) is 17.1. The van der Waals surface area contributed by atoms with Gasteiger partial charge in [-0.2, -0.15) is 0 Å². The van der Waals surface area contributed by atoms with Crippen LogP contribution in [0.25, 0.3) is 0 Å². The molecule has 0 aromatic heterocycles. The summed E-state index contributed by atoms with van der Waals surface area (Å²) in [6.45, 7) is 1.86. The normalized spacial score (nSPS) is 23.3. The quantitative estimate of drug-likeness (QED) is 0.776. The van der Waals surface area contributed by atoms with Crippen LogP contribution in [0.15, 0.2) is 24.3 Å². The summed E-state index contributed by atoms with van der Waals surface area (Å²) >= 11 is 0. The monoisotopic (exact) mass is 331 g/mol. The van der Waals surface area contributed by atoms with Gasteiger partial charge in [0.2, 0.25) is 0 Å². The molecule has 6 nitrogen and oxygen atoms in total. The van der Waals surface area contributed by atoms with Gasteiger partial charge in [0, 0.05) is 0 Å². The molecule has 6 heteroatoms. The van der Waals surface area contributed by atoms with Gasteiger partial charge in [-0.05, 0) is 30.9 Å². The summed E-state index contributed by atoms with van der Waals surface area (Å²) in [6.07, 6.45) is 5.37. The average Bonchev–Trinajstić information content (AvgIpc) is 2.85. The number of hydrogen-bond donors (Lipinski definition) is 0. The molecule has 128 valence electrons. The third-order valence-corrected chi connectivity index (χ3v) is 4.73. The molecule has 0 N–H and O–H groups in total. The van der Waals surface area contributed by atoms with Gasteiger partial charge in [-0.15, -0.1) is 0 Å². The van der Waals surface area contributed by atoms with E-state index in [4.69, 9.17) is 9.57 Å². The lowest BCUT2D eigenvalue weighted by atomic mass is 9.85. The molecule has 1 aromatic rings. The molecule has 0 saturated heterocycles. The topological polar surface area (TPSA) is 72.9 Å². The van der Waals surface area contributed by atoms with Crippen LogP contribution in [0.2, 0.25) is 0 Å². The summed E-state index contributed by atoms with van der Waals surface area (Å²) in [6, 6.07) is 6.39.